The molecule has 3 unspecified atom stereocenters. The summed E-state index contributed by atoms with van der Waals surface area (Å²) in [4.78, 5) is 11.1. The number of rotatable bonds is 5. The molecular formula is C13H24O2S. The largest absolute Gasteiger partial charge is 0.480 e. The Morgan fingerprint density at radius 3 is 2.62 bits per heavy atom. The lowest BCUT2D eigenvalue weighted by atomic mass is 9.87. The van der Waals surface area contributed by atoms with Crippen molar-refractivity contribution in [3.8, 4) is 0 Å². The third-order valence-corrected chi connectivity index (χ3v) is 5.35. The van der Waals surface area contributed by atoms with Crippen molar-refractivity contribution >= 4 is 17.7 Å². The summed E-state index contributed by atoms with van der Waals surface area (Å²) in [7, 11) is 0. The number of hydrogen-bond acceptors (Lipinski definition) is 2. The Morgan fingerprint density at radius 2 is 2.12 bits per heavy atom. The molecule has 1 saturated carbocycles. The Kier molecular flexibility index (Phi) is 5.67. The van der Waals surface area contributed by atoms with Crippen LogP contribution in [0.25, 0.3) is 0 Å². The Balaban J connectivity index is 2.48. The zero-order valence-corrected chi connectivity index (χ0v) is 11.4. The van der Waals surface area contributed by atoms with E-state index in [1.807, 2.05) is 13.8 Å². The highest BCUT2D eigenvalue weighted by Crippen LogP contribution is 2.37. The second-order valence-corrected chi connectivity index (χ2v) is 6.65. The van der Waals surface area contributed by atoms with E-state index in [1.165, 1.54) is 32.1 Å². The maximum absolute atomic E-state index is 11.1. The van der Waals surface area contributed by atoms with Gasteiger partial charge in [0.1, 0.15) is 5.25 Å². The van der Waals surface area contributed by atoms with Gasteiger partial charge in [-0.15, -0.1) is 11.8 Å². The number of carbonyl (C=O) groups is 1. The predicted octanol–water partition coefficient (Wildman–Crippen LogP) is 3.80. The van der Waals surface area contributed by atoms with Crippen molar-refractivity contribution in [1.29, 1.82) is 0 Å². The normalized spacial score (nSPS) is 28.0. The fraction of sp³-hybridized carbons (Fsp3) is 0.923. The van der Waals surface area contributed by atoms with Crippen LogP contribution in [-0.4, -0.2) is 21.6 Å². The number of thioether (sulfide) groups is 1. The average molecular weight is 244 g/mol. The van der Waals surface area contributed by atoms with E-state index in [4.69, 9.17) is 0 Å². The molecule has 1 aliphatic carbocycles. The summed E-state index contributed by atoms with van der Waals surface area (Å²) in [6, 6.07) is 0. The topological polar surface area (TPSA) is 37.3 Å². The van der Waals surface area contributed by atoms with E-state index < -0.39 is 5.97 Å². The summed E-state index contributed by atoms with van der Waals surface area (Å²) >= 11 is 1.70. The van der Waals surface area contributed by atoms with Crippen LogP contribution in [0.3, 0.4) is 0 Å². The number of hydrogen-bond donors (Lipinski definition) is 1. The van der Waals surface area contributed by atoms with Gasteiger partial charge in [0.15, 0.2) is 0 Å². The van der Waals surface area contributed by atoms with Crippen LogP contribution in [0, 0.1) is 11.8 Å². The van der Waals surface area contributed by atoms with Gasteiger partial charge in [0, 0.05) is 5.25 Å². The molecule has 3 heteroatoms. The van der Waals surface area contributed by atoms with Gasteiger partial charge in [0.2, 0.25) is 0 Å². The Hall–Kier alpha value is -0.180. The highest BCUT2D eigenvalue weighted by atomic mass is 32.2. The minimum atomic E-state index is -0.640. The average Bonchev–Trinajstić information content (AvgIpc) is 2.25. The summed E-state index contributed by atoms with van der Waals surface area (Å²) in [5.74, 6) is 0.413. The van der Waals surface area contributed by atoms with Gasteiger partial charge in [-0.3, -0.25) is 4.79 Å². The Morgan fingerprint density at radius 1 is 1.44 bits per heavy atom. The first-order valence-electron chi connectivity index (χ1n) is 6.42. The summed E-state index contributed by atoms with van der Waals surface area (Å²) in [6.07, 6.45) is 6.29. The molecule has 0 aliphatic heterocycles. The SMILES string of the molecule is CCC1CCCC(SC(C(=O)O)C(C)C)C1. The third-order valence-electron chi connectivity index (χ3n) is 3.50. The van der Waals surface area contributed by atoms with E-state index in [0.717, 1.165) is 5.92 Å². The minimum absolute atomic E-state index is 0.222. The standard InChI is InChI=1S/C13H24O2S/c1-4-10-6-5-7-11(8-10)16-12(9(2)3)13(14)15/h9-12H,4-8H2,1-3H3,(H,14,15). The van der Waals surface area contributed by atoms with Crippen molar-refractivity contribution in [1.82, 2.24) is 0 Å². The lowest BCUT2D eigenvalue weighted by Gasteiger charge is -2.30. The van der Waals surface area contributed by atoms with Crippen molar-refractivity contribution in [2.75, 3.05) is 0 Å². The Bertz CT molecular complexity index is 228. The van der Waals surface area contributed by atoms with Crippen LogP contribution in [0.2, 0.25) is 0 Å². The summed E-state index contributed by atoms with van der Waals surface area (Å²) in [5.41, 5.74) is 0. The van der Waals surface area contributed by atoms with Gasteiger partial charge in [0.25, 0.3) is 0 Å². The second kappa shape index (κ2) is 6.53. The summed E-state index contributed by atoms with van der Waals surface area (Å²) < 4.78 is 0. The van der Waals surface area contributed by atoms with Crippen molar-refractivity contribution in [3.63, 3.8) is 0 Å². The van der Waals surface area contributed by atoms with Gasteiger partial charge in [-0.25, -0.2) is 0 Å². The molecule has 1 rings (SSSR count). The molecule has 1 aliphatic rings. The van der Waals surface area contributed by atoms with Crippen LogP contribution in [0.5, 0.6) is 0 Å². The zero-order chi connectivity index (χ0) is 12.1. The monoisotopic (exact) mass is 244 g/mol. The maximum Gasteiger partial charge on any atom is 0.316 e. The molecule has 0 aromatic carbocycles. The van der Waals surface area contributed by atoms with Crippen LogP contribution in [0.4, 0.5) is 0 Å². The molecule has 0 spiro atoms. The van der Waals surface area contributed by atoms with E-state index >= 15 is 0 Å². The number of carboxylic acid groups (broad SMARTS) is 1. The molecule has 0 bridgehead atoms. The number of aliphatic carboxylic acids is 1. The molecule has 0 heterocycles. The molecule has 0 radical (unpaired) electrons. The van der Waals surface area contributed by atoms with Gasteiger partial charge in [0.05, 0.1) is 0 Å². The first-order chi connectivity index (χ1) is 7.54. The smallest absolute Gasteiger partial charge is 0.316 e. The first kappa shape index (κ1) is 13.9. The van der Waals surface area contributed by atoms with Crippen LogP contribution < -0.4 is 0 Å². The fourth-order valence-electron chi connectivity index (χ4n) is 2.44. The number of carboxylic acids is 1. The molecule has 0 amide bonds. The lowest BCUT2D eigenvalue weighted by Crippen LogP contribution is -2.28. The fourth-order valence-corrected chi connectivity index (χ4v) is 3.98. The third kappa shape index (κ3) is 4.00. The first-order valence-corrected chi connectivity index (χ1v) is 7.37. The van der Waals surface area contributed by atoms with Gasteiger partial charge in [-0.2, -0.15) is 0 Å². The van der Waals surface area contributed by atoms with Gasteiger partial charge >= 0.3 is 5.97 Å². The predicted molar refractivity (Wildman–Crippen MR) is 69.9 cm³/mol. The highest BCUT2D eigenvalue weighted by Gasteiger charge is 2.29. The molecule has 0 aromatic rings. The molecule has 1 N–H and O–H groups in total. The Labute approximate surface area is 103 Å². The summed E-state index contributed by atoms with van der Waals surface area (Å²) in [5, 5.41) is 9.53. The molecule has 3 atom stereocenters. The van der Waals surface area contributed by atoms with E-state index in [-0.39, 0.29) is 11.2 Å². The molecule has 16 heavy (non-hydrogen) atoms. The van der Waals surface area contributed by atoms with E-state index in [2.05, 4.69) is 6.92 Å². The second-order valence-electron chi connectivity index (χ2n) is 5.20. The van der Waals surface area contributed by atoms with E-state index in [1.54, 1.807) is 11.8 Å². The van der Waals surface area contributed by atoms with E-state index in [0.29, 0.717) is 5.25 Å². The minimum Gasteiger partial charge on any atom is -0.480 e. The van der Waals surface area contributed by atoms with Gasteiger partial charge in [-0.05, 0) is 24.7 Å². The maximum atomic E-state index is 11.1. The molecule has 0 saturated heterocycles. The van der Waals surface area contributed by atoms with E-state index in [9.17, 15) is 9.90 Å². The molecule has 1 fully saturated rings. The van der Waals surface area contributed by atoms with Crippen molar-refractivity contribution in [2.45, 2.75) is 63.4 Å². The van der Waals surface area contributed by atoms with Crippen LogP contribution in [0.1, 0.15) is 52.9 Å². The lowest BCUT2D eigenvalue weighted by molar-refractivity contribution is -0.137. The molecular weight excluding hydrogens is 220 g/mol. The van der Waals surface area contributed by atoms with Gasteiger partial charge < -0.3 is 5.11 Å². The molecule has 2 nitrogen and oxygen atoms in total. The van der Waals surface area contributed by atoms with Crippen molar-refractivity contribution in [2.24, 2.45) is 11.8 Å². The van der Waals surface area contributed by atoms with Crippen LogP contribution in [0.15, 0.2) is 0 Å². The van der Waals surface area contributed by atoms with Crippen molar-refractivity contribution < 1.29 is 9.90 Å². The quantitative estimate of drug-likeness (QED) is 0.799. The zero-order valence-electron chi connectivity index (χ0n) is 10.6. The van der Waals surface area contributed by atoms with Gasteiger partial charge in [-0.1, -0.05) is 40.0 Å². The highest BCUT2D eigenvalue weighted by molar-refractivity contribution is 8.01. The van der Waals surface area contributed by atoms with Crippen molar-refractivity contribution in [3.05, 3.63) is 0 Å². The summed E-state index contributed by atoms with van der Waals surface area (Å²) in [6.45, 7) is 6.26. The molecule has 0 aromatic heterocycles. The van der Waals surface area contributed by atoms with Crippen LogP contribution in [-0.2, 0) is 4.79 Å². The molecule has 94 valence electrons. The van der Waals surface area contributed by atoms with Crippen LogP contribution >= 0.6 is 11.8 Å².